The van der Waals surface area contributed by atoms with E-state index in [0.717, 1.165) is 48.8 Å². The normalized spacial score (nSPS) is 13.1. The van der Waals surface area contributed by atoms with Crippen LogP contribution in [0, 0.1) is 0 Å². The summed E-state index contributed by atoms with van der Waals surface area (Å²) >= 11 is 1.86. The van der Waals surface area contributed by atoms with Crippen molar-refractivity contribution in [3.8, 4) is 0 Å². The molecule has 5 nitrogen and oxygen atoms in total. The van der Waals surface area contributed by atoms with Crippen LogP contribution in [0.4, 0.5) is 5.82 Å². The van der Waals surface area contributed by atoms with E-state index in [1.165, 1.54) is 34.2 Å². The summed E-state index contributed by atoms with van der Waals surface area (Å²) in [5, 5.41) is 4.87. The van der Waals surface area contributed by atoms with E-state index < -0.39 is 0 Å². The molecule has 6 heteroatoms. The van der Waals surface area contributed by atoms with Gasteiger partial charge in [0.1, 0.15) is 16.5 Å². The maximum absolute atomic E-state index is 4.95. The van der Waals surface area contributed by atoms with Gasteiger partial charge < -0.3 is 9.88 Å². The van der Waals surface area contributed by atoms with E-state index in [9.17, 15) is 0 Å². The molecule has 0 atom stereocenters. The lowest BCUT2D eigenvalue weighted by Crippen LogP contribution is -2.09. The second kappa shape index (κ2) is 7.72. The van der Waals surface area contributed by atoms with Crippen molar-refractivity contribution < 1.29 is 0 Å². The molecule has 3 aromatic heterocycles. The Balaban J connectivity index is 1.41. The van der Waals surface area contributed by atoms with Crippen molar-refractivity contribution >= 4 is 27.4 Å². The molecule has 142 valence electrons. The Labute approximate surface area is 168 Å². The first-order valence-corrected chi connectivity index (χ1v) is 10.7. The van der Waals surface area contributed by atoms with E-state index in [1.807, 2.05) is 36.1 Å². The van der Waals surface area contributed by atoms with Gasteiger partial charge in [0, 0.05) is 36.8 Å². The van der Waals surface area contributed by atoms with Gasteiger partial charge in [0.15, 0.2) is 0 Å². The number of anilines is 1. The van der Waals surface area contributed by atoms with Crippen molar-refractivity contribution in [2.75, 3.05) is 11.9 Å². The summed E-state index contributed by atoms with van der Waals surface area (Å²) in [6, 6.07) is 10.5. The minimum Gasteiger partial charge on any atom is -0.369 e. The molecule has 0 aliphatic heterocycles. The molecular weight excluding hydrogens is 366 g/mol. The first-order chi connectivity index (χ1) is 13.9. The van der Waals surface area contributed by atoms with Crippen LogP contribution in [0.5, 0.6) is 0 Å². The Kier molecular flexibility index (Phi) is 4.79. The standard InChI is InChI=1S/C22H23N5S/c1-2-6-16(7-3-1)14-19-25-21(24-10-5-12-27-13-11-23-15-27)20-17-8-4-9-18(17)28-22(20)26-19/h1-3,6-7,11,13,15H,4-5,8-10,12,14H2,(H,24,25,26). The molecule has 0 amide bonds. The van der Waals surface area contributed by atoms with Crippen molar-refractivity contribution in [2.45, 2.75) is 38.6 Å². The summed E-state index contributed by atoms with van der Waals surface area (Å²) < 4.78 is 2.11. The Morgan fingerprint density at radius 1 is 1.11 bits per heavy atom. The fourth-order valence-electron chi connectivity index (χ4n) is 3.91. The Morgan fingerprint density at radius 3 is 2.89 bits per heavy atom. The van der Waals surface area contributed by atoms with E-state index in [-0.39, 0.29) is 0 Å². The largest absolute Gasteiger partial charge is 0.369 e. The van der Waals surface area contributed by atoms with Crippen molar-refractivity contribution in [1.82, 2.24) is 19.5 Å². The summed E-state index contributed by atoms with van der Waals surface area (Å²) in [4.78, 5) is 16.6. The second-order valence-electron chi connectivity index (χ2n) is 7.27. The summed E-state index contributed by atoms with van der Waals surface area (Å²) in [6.07, 6.45) is 11.1. The average Bonchev–Trinajstić information content (AvgIpc) is 3.43. The van der Waals surface area contributed by atoms with Gasteiger partial charge >= 0.3 is 0 Å². The molecule has 0 spiro atoms. The van der Waals surface area contributed by atoms with Crippen LogP contribution in [-0.4, -0.2) is 26.1 Å². The molecule has 0 fully saturated rings. The topological polar surface area (TPSA) is 55.6 Å². The SMILES string of the molecule is c1ccc(Cc2nc(NCCCn3ccnc3)c3c4c(sc3n2)CCC4)cc1. The molecule has 1 aliphatic rings. The average molecular weight is 390 g/mol. The fraction of sp³-hybridized carbons (Fsp3) is 0.318. The number of aromatic nitrogens is 4. The molecular formula is C22H23N5S. The summed E-state index contributed by atoms with van der Waals surface area (Å²) in [5.41, 5.74) is 2.72. The van der Waals surface area contributed by atoms with E-state index in [0.29, 0.717) is 0 Å². The maximum Gasteiger partial charge on any atom is 0.138 e. The monoisotopic (exact) mass is 389 g/mol. The van der Waals surface area contributed by atoms with E-state index >= 15 is 0 Å². The maximum atomic E-state index is 4.95. The van der Waals surface area contributed by atoms with Crippen LogP contribution in [0.15, 0.2) is 49.1 Å². The third kappa shape index (κ3) is 3.52. The first kappa shape index (κ1) is 17.4. The van der Waals surface area contributed by atoms with Crippen LogP contribution in [0.1, 0.15) is 34.7 Å². The number of hydrogen-bond acceptors (Lipinski definition) is 5. The van der Waals surface area contributed by atoms with Gasteiger partial charge in [-0.1, -0.05) is 30.3 Å². The number of thiophene rings is 1. The fourth-order valence-corrected chi connectivity index (χ4v) is 5.19. The minimum absolute atomic E-state index is 0.767. The quantitative estimate of drug-likeness (QED) is 0.474. The molecule has 0 saturated heterocycles. The van der Waals surface area contributed by atoms with Crippen LogP contribution >= 0.6 is 11.3 Å². The Bertz CT molecular complexity index is 1070. The van der Waals surface area contributed by atoms with Gasteiger partial charge in [-0.05, 0) is 36.8 Å². The second-order valence-corrected chi connectivity index (χ2v) is 8.35. The molecule has 3 heterocycles. The molecule has 1 aliphatic carbocycles. The zero-order valence-corrected chi connectivity index (χ0v) is 16.6. The summed E-state index contributed by atoms with van der Waals surface area (Å²) in [7, 11) is 0. The van der Waals surface area contributed by atoms with Gasteiger partial charge in [-0.25, -0.2) is 15.0 Å². The summed E-state index contributed by atoms with van der Waals surface area (Å²) in [6.45, 7) is 1.85. The number of imidazole rings is 1. The highest BCUT2D eigenvalue weighted by atomic mass is 32.1. The Hall–Kier alpha value is -2.73. The van der Waals surface area contributed by atoms with E-state index in [2.05, 4.69) is 39.1 Å². The number of hydrogen-bond donors (Lipinski definition) is 1. The van der Waals surface area contributed by atoms with Gasteiger partial charge in [-0.2, -0.15) is 0 Å². The van der Waals surface area contributed by atoms with Crippen molar-refractivity contribution in [3.05, 3.63) is 70.9 Å². The number of fused-ring (bicyclic) bond motifs is 3. The molecule has 1 aromatic carbocycles. The molecule has 0 unspecified atom stereocenters. The van der Waals surface area contributed by atoms with Crippen LogP contribution in [0.25, 0.3) is 10.2 Å². The first-order valence-electron chi connectivity index (χ1n) is 9.91. The number of nitrogens with one attached hydrogen (secondary N) is 1. The molecule has 0 radical (unpaired) electrons. The molecule has 1 N–H and O–H groups in total. The van der Waals surface area contributed by atoms with Crippen LogP contribution in [-0.2, 0) is 25.8 Å². The molecule has 0 saturated carbocycles. The van der Waals surface area contributed by atoms with E-state index in [1.54, 1.807) is 0 Å². The van der Waals surface area contributed by atoms with Crippen LogP contribution in [0.3, 0.4) is 0 Å². The smallest absolute Gasteiger partial charge is 0.138 e. The van der Waals surface area contributed by atoms with Gasteiger partial charge in [-0.3, -0.25) is 0 Å². The highest BCUT2D eigenvalue weighted by molar-refractivity contribution is 7.19. The highest BCUT2D eigenvalue weighted by Crippen LogP contribution is 2.39. The molecule has 5 rings (SSSR count). The van der Waals surface area contributed by atoms with Gasteiger partial charge in [-0.15, -0.1) is 11.3 Å². The number of aryl methyl sites for hydroxylation is 3. The predicted octanol–water partition coefficient (Wildman–Crippen LogP) is 4.47. The third-order valence-corrected chi connectivity index (χ3v) is 6.45. The van der Waals surface area contributed by atoms with Gasteiger partial charge in [0.05, 0.1) is 11.7 Å². The zero-order chi connectivity index (χ0) is 18.8. The lowest BCUT2D eigenvalue weighted by Gasteiger charge is -2.10. The number of rotatable bonds is 7. The minimum atomic E-state index is 0.767. The van der Waals surface area contributed by atoms with Crippen LogP contribution in [0.2, 0.25) is 0 Å². The third-order valence-electron chi connectivity index (χ3n) is 5.26. The lowest BCUT2D eigenvalue weighted by molar-refractivity contribution is 0.660. The number of benzene rings is 1. The molecule has 4 aromatic rings. The van der Waals surface area contributed by atoms with E-state index in [4.69, 9.17) is 9.97 Å². The van der Waals surface area contributed by atoms with Crippen LogP contribution < -0.4 is 5.32 Å². The number of nitrogens with zero attached hydrogens (tertiary/aromatic N) is 4. The van der Waals surface area contributed by atoms with Gasteiger partial charge in [0.2, 0.25) is 0 Å². The summed E-state index contributed by atoms with van der Waals surface area (Å²) in [5.74, 6) is 1.91. The Morgan fingerprint density at radius 2 is 2.04 bits per heavy atom. The van der Waals surface area contributed by atoms with Crippen molar-refractivity contribution in [3.63, 3.8) is 0 Å². The van der Waals surface area contributed by atoms with Crippen molar-refractivity contribution in [2.24, 2.45) is 0 Å². The lowest BCUT2D eigenvalue weighted by atomic mass is 10.1. The van der Waals surface area contributed by atoms with Crippen molar-refractivity contribution in [1.29, 1.82) is 0 Å². The van der Waals surface area contributed by atoms with Gasteiger partial charge in [0.25, 0.3) is 0 Å². The zero-order valence-electron chi connectivity index (χ0n) is 15.8. The molecule has 28 heavy (non-hydrogen) atoms. The molecule has 0 bridgehead atoms. The highest BCUT2D eigenvalue weighted by Gasteiger charge is 2.22. The predicted molar refractivity (Wildman–Crippen MR) is 114 cm³/mol.